The van der Waals surface area contributed by atoms with Crippen molar-refractivity contribution in [3.8, 4) is 22.9 Å². The summed E-state index contributed by atoms with van der Waals surface area (Å²) in [6, 6.07) is 9.40. The third-order valence-electron chi connectivity index (χ3n) is 5.72. The molecule has 0 aliphatic carbocycles. The number of hydrogen-bond donors (Lipinski definition) is 1. The normalized spacial score (nSPS) is 12.3. The third kappa shape index (κ3) is 4.42. The van der Waals surface area contributed by atoms with Gasteiger partial charge >= 0.3 is 0 Å². The van der Waals surface area contributed by atoms with E-state index in [1.165, 1.54) is 12.3 Å². The summed E-state index contributed by atoms with van der Waals surface area (Å²) < 4.78 is 35.9. The van der Waals surface area contributed by atoms with Crippen LogP contribution in [0.25, 0.3) is 22.9 Å². The van der Waals surface area contributed by atoms with Crippen molar-refractivity contribution in [1.82, 2.24) is 45.5 Å². The molecule has 1 atom stereocenters. The van der Waals surface area contributed by atoms with Crippen molar-refractivity contribution in [3.63, 3.8) is 0 Å². The Morgan fingerprint density at radius 2 is 1.94 bits per heavy atom. The summed E-state index contributed by atoms with van der Waals surface area (Å²) in [6.07, 6.45) is 2.52. The van der Waals surface area contributed by atoms with Gasteiger partial charge in [-0.3, -0.25) is 4.68 Å². The van der Waals surface area contributed by atoms with Crippen LogP contribution in [0.15, 0.2) is 53.4 Å². The lowest BCUT2D eigenvalue weighted by atomic mass is 10.0. The first-order valence-electron chi connectivity index (χ1n) is 11.1. The largest absolute Gasteiger partial charge is 0.364 e. The average molecular weight is 492 g/mol. The van der Waals surface area contributed by atoms with Crippen LogP contribution in [0.4, 0.5) is 14.6 Å². The molecule has 0 saturated carbocycles. The lowest BCUT2D eigenvalue weighted by Crippen LogP contribution is -2.31. The number of tetrazole rings is 1. The number of halogens is 2. The summed E-state index contributed by atoms with van der Waals surface area (Å²) in [7, 11) is 1.70. The van der Waals surface area contributed by atoms with Gasteiger partial charge in [0.15, 0.2) is 23.3 Å². The molecular weight excluding hydrogens is 470 g/mol. The van der Waals surface area contributed by atoms with Gasteiger partial charge in [0.1, 0.15) is 23.5 Å². The van der Waals surface area contributed by atoms with Crippen LogP contribution in [-0.4, -0.2) is 52.6 Å². The van der Waals surface area contributed by atoms with Gasteiger partial charge in [-0.2, -0.15) is 10.3 Å². The Labute approximate surface area is 204 Å². The smallest absolute Gasteiger partial charge is 0.197 e. The first-order chi connectivity index (χ1) is 17.4. The summed E-state index contributed by atoms with van der Waals surface area (Å²) in [4.78, 5) is 10.3. The van der Waals surface area contributed by atoms with Gasteiger partial charge in [0.2, 0.25) is 0 Å². The van der Waals surface area contributed by atoms with Crippen molar-refractivity contribution in [2.75, 3.05) is 11.9 Å². The van der Waals surface area contributed by atoms with Gasteiger partial charge in [-0.1, -0.05) is 42.4 Å². The number of nitrogens with zero attached hydrogens (tertiary/aromatic N) is 9. The lowest BCUT2D eigenvalue weighted by molar-refractivity contribution is 0.421. The highest BCUT2D eigenvalue weighted by molar-refractivity contribution is 5.63. The lowest BCUT2D eigenvalue weighted by Gasteiger charge is -2.29. The summed E-state index contributed by atoms with van der Waals surface area (Å²) in [5, 5.41) is 22.8. The second-order valence-electron chi connectivity index (χ2n) is 8.48. The second kappa shape index (κ2) is 9.60. The molecule has 0 bridgehead atoms. The van der Waals surface area contributed by atoms with Crippen molar-refractivity contribution >= 4 is 5.82 Å². The van der Waals surface area contributed by atoms with Gasteiger partial charge < -0.3 is 9.42 Å². The standard InChI is InChI=1S/C23H22F2N10O/c1-13(2)20(22-28-32-33-29-22)34(3)23-16(25)11-26-21(27-23)18-10-19(17-8-9-36-31-17)35(30-18)12-14-6-4-5-7-15(14)24/h4-11,13,20H,12H2,1-3H3,(H,28,29,32,33)/t20-/m1/s1. The fraction of sp³-hybridized carbons (Fsp3) is 0.261. The van der Waals surface area contributed by atoms with E-state index in [9.17, 15) is 8.78 Å². The molecule has 13 heteroatoms. The zero-order valence-corrected chi connectivity index (χ0v) is 19.7. The molecule has 0 spiro atoms. The van der Waals surface area contributed by atoms with E-state index in [2.05, 4.69) is 40.8 Å². The quantitative estimate of drug-likeness (QED) is 0.345. The van der Waals surface area contributed by atoms with Crippen LogP contribution in [0.2, 0.25) is 0 Å². The van der Waals surface area contributed by atoms with Gasteiger partial charge in [0.05, 0.1) is 24.5 Å². The fourth-order valence-corrected chi connectivity index (χ4v) is 4.06. The molecule has 5 aromatic rings. The molecule has 4 heterocycles. The number of benzene rings is 1. The van der Waals surface area contributed by atoms with E-state index >= 15 is 0 Å². The Morgan fingerprint density at radius 3 is 2.64 bits per heavy atom. The molecule has 0 unspecified atom stereocenters. The highest BCUT2D eigenvalue weighted by Crippen LogP contribution is 2.31. The summed E-state index contributed by atoms with van der Waals surface area (Å²) in [5.41, 5.74) is 1.87. The maximum Gasteiger partial charge on any atom is 0.197 e. The molecule has 0 saturated heterocycles. The second-order valence-corrected chi connectivity index (χ2v) is 8.48. The minimum absolute atomic E-state index is 0.0177. The zero-order chi connectivity index (χ0) is 25.2. The molecule has 5 rings (SSSR count). The van der Waals surface area contributed by atoms with Crippen LogP contribution >= 0.6 is 0 Å². The van der Waals surface area contributed by atoms with Gasteiger partial charge in [0, 0.05) is 18.7 Å². The van der Waals surface area contributed by atoms with Crippen LogP contribution in [-0.2, 0) is 6.54 Å². The van der Waals surface area contributed by atoms with Crippen LogP contribution in [0.1, 0.15) is 31.3 Å². The molecule has 0 radical (unpaired) electrons. The molecule has 0 aliphatic heterocycles. The number of aromatic nitrogens is 9. The SMILES string of the molecule is CC(C)[C@H](c1nn[nH]n1)N(C)c1nc(-c2cc(-c3ccon3)n(Cc3ccccc3F)n2)ncc1F. The first-order valence-corrected chi connectivity index (χ1v) is 11.1. The van der Waals surface area contributed by atoms with E-state index in [1.54, 1.807) is 47.0 Å². The van der Waals surface area contributed by atoms with E-state index in [4.69, 9.17) is 4.52 Å². The Hall–Kier alpha value is -4.55. The molecule has 1 N–H and O–H groups in total. The summed E-state index contributed by atoms with van der Waals surface area (Å²) in [6.45, 7) is 4.06. The molecule has 184 valence electrons. The minimum Gasteiger partial charge on any atom is -0.364 e. The van der Waals surface area contributed by atoms with E-state index in [0.29, 0.717) is 28.5 Å². The Kier molecular flexibility index (Phi) is 6.19. The fourth-order valence-electron chi connectivity index (χ4n) is 4.06. The number of aromatic amines is 1. The topological polar surface area (TPSA) is 127 Å². The maximum absolute atomic E-state index is 14.9. The average Bonchev–Trinajstić information content (AvgIpc) is 3.63. The van der Waals surface area contributed by atoms with Gasteiger partial charge in [0.25, 0.3) is 0 Å². The van der Waals surface area contributed by atoms with Crippen molar-refractivity contribution in [2.45, 2.75) is 26.4 Å². The van der Waals surface area contributed by atoms with Crippen molar-refractivity contribution < 1.29 is 13.3 Å². The van der Waals surface area contributed by atoms with Crippen LogP contribution < -0.4 is 4.90 Å². The highest BCUT2D eigenvalue weighted by Gasteiger charge is 2.28. The first kappa shape index (κ1) is 23.2. The molecular formula is C23H22F2N10O. The number of hydrogen-bond acceptors (Lipinski definition) is 9. The number of anilines is 1. The Morgan fingerprint density at radius 1 is 1.11 bits per heavy atom. The van der Waals surface area contributed by atoms with Crippen LogP contribution in [0.5, 0.6) is 0 Å². The molecule has 4 aromatic heterocycles. The number of nitrogens with one attached hydrogen (secondary N) is 1. The van der Waals surface area contributed by atoms with Crippen molar-refractivity contribution in [3.05, 3.63) is 71.9 Å². The molecule has 11 nitrogen and oxygen atoms in total. The number of H-pyrrole nitrogens is 1. The summed E-state index contributed by atoms with van der Waals surface area (Å²) in [5.74, 6) is -0.304. The highest BCUT2D eigenvalue weighted by atomic mass is 19.1. The van der Waals surface area contributed by atoms with E-state index < -0.39 is 11.9 Å². The van der Waals surface area contributed by atoms with Gasteiger partial charge in [-0.25, -0.2) is 18.7 Å². The maximum atomic E-state index is 14.9. The molecule has 0 aliphatic rings. The number of rotatable bonds is 8. The monoisotopic (exact) mass is 492 g/mol. The van der Waals surface area contributed by atoms with Crippen molar-refractivity contribution in [2.24, 2.45) is 5.92 Å². The predicted molar refractivity (Wildman–Crippen MR) is 124 cm³/mol. The van der Waals surface area contributed by atoms with Gasteiger partial charge in [-0.05, 0) is 18.1 Å². The third-order valence-corrected chi connectivity index (χ3v) is 5.72. The van der Waals surface area contributed by atoms with Crippen molar-refractivity contribution in [1.29, 1.82) is 0 Å². The van der Waals surface area contributed by atoms with E-state index in [-0.39, 0.29) is 29.9 Å². The minimum atomic E-state index is -0.613. The van der Waals surface area contributed by atoms with Gasteiger partial charge in [-0.15, -0.1) is 10.2 Å². The Balaban J connectivity index is 1.55. The van der Waals surface area contributed by atoms with E-state index in [0.717, 1.165) is 6.20 Å². The predicted octanol–water partition coefficient (Wildman–Crippen LogP) is 3.67. The molecule has 0 amide bonds. The van der Waals surface area contributed by atoms with Crippen LogP contribution in [0, 0.1) is 17.6 Å². The molecule has 36 heavy (non-hydrogen) atoms. The summed E-state index contributed by atoms with van der Waals surface area (Å²) >= 11 is 0. The molecule has 0 fully saturated rings. The Bertz CT molecular complexity index is 1450. The van der Waals surface area contributed by atoms with E-state index in [1.807, 2.05) is 13.8 Å². The molecule has 1 aromatic carbocycles. The zero-order valence-electron chi connectivity index (χ0n) is 19.7. The van der Waals surface area contributed by atoms with Crippen LogP contribution in [0.3, 0.4) is 0 Å².